The van der Waals surface area contributed by atoms with E-state index in [0.717, 1.165) is 38.4 Å². The number of fused-ring (bicyclic) bond motifs is 1. The quantitative estimate of drug-likeness (QED) is 0.479. The van der Waals surface area contributed by atoms with Gasteiger partial charge in [-0.1, -0.05) is 25.0 Å². The zero-order chi connectivity index (χ0) is 19.7. The summed E-state index contributed by atoms with van der Waals surface area (Å²) < 4.78 is 5.41. The number of benzene rings is 1. The molecular weight excluding hydrogens is 356 g/mol. The predicted octanol–water partition coefficient (Wildman–Crippen LogP) is 2.36. The van der Waals surface area contributed by atoms with Gasteiger partial charge in [0.25, 0.3) is 5.91 Å². The number of likely N-dealkylation sites (tertiary alicyclic amines) is 1. The lowest BCUT2D eigenvalue weighted by atomic mass is 9.79. The van der Waals surface area contributed by atoms with Gasteiger partial charge in [0.1, 0.15) is 12.0 Å². The molecule has 3 aliphatic rings. The van der Waals surface area contributed by atoms with Crippen LogP contribution in [0.15, 0.2) is 24.3 Å². The molecule has 3 fully saturated rings. The predicted molar refractivity (Wildman–Crippen MR) is 104 cm³/mol. The number of Topliss-reactive ketones (excluding diaryl/α,β-unsaturated/α-hetero) is 1. The molecule has 150 valence electrons. The number of hydrogen-bond donors (Lipinski definition) is 1. The van der Waals surface area contributed by atoms with Gasteiger partial charge in [-0.15, -0.1) is 0 Å². The van der Waals surface area contributed by atoms with E-state index in [-0.39, 0.29) is 17.7 Å². The summed E-state index contributed by atoms with van der Waals surface area (Å²) in [5.41, 5.74) is -0.883. The number of rotatable bonds is 5. The Morgan fingerprint density at radius 2 is 1.96 bits per heavy atom. The third kappa shape index (κ3) is 3.04. The molecule has 2 unspecified atom stereocenters. The highest BCUT2D eigenvalue weighted by Crippen LogP contribution is 2.42. The maximum atomic E-state index is 13.8. The molecule has 0 radical (unpaired) electrons. The summed E-state index contributed by atoms with van der Waals surface area (Å²) in [6, 6.07) is 6.82. The smallest absolute Gasteiger partial charge is 0.251 e. The Morgan fingerprint density at radius 3 is 2.71 bits per heavy atom. The molecule has 1 aromatic rings. The van der Waals surface area contributed by atoms with Crippen LogP contribution in [0.2, 0.25) is 0 Å². The molecule has 1 N–H and O–H groups in total. The van der Waals surface area contributed by atoms with Gasteiger partial charge in [0.05, 0.1) is 18.7 Å². The molecule has 0 bridgehead atoms. The average Bonchev–Trinajstić information content (AvgIpc) is 3.37. The maximum Gasteiger partial charge on any atom is 0.251 e. The number of amides is 1. The van der Waals surface area contributed by atoms with Crippen LogP contribution in [0, 0.1) is 5.92 Å². The summed E-state index contributed by atoms with van der Waals surface area (Å²) in [6.45, 7) is 0.528. The molecule has 0 spiro atoms. The number of carbonyl (C=O) groups is 3. The largest absolute Gasteiger partial charge is 0.496 e. The van der Waals surface area contributed by atoms with Crippen LogP contribution in [-0.4, -0.2) is 54.2 Å². The van der Waals surface area contributed by atoms with Gasteiger partial charge < -0.3 is 14.4 Å². The van der Waals surface area contributed by atoms with Crippen LogP contribution in [0.1, 0.15) is 55.3 Å². The topological polar surface area (TPSA) is 75.7 Å². The van der Waals surface area contributed by atoms with Crippen molar-refractivity contribution in [2.45, 2.75) is 62.6 Å². The lowest BCUT2D eigenvalue weighted by molar-refractivity contribution is -0.139. The summed E-state index contributed by atoms with van der Waals surface area (Å²) in [7, 11) is 1.53. The first-order chi connectivity index (χ1) is 13.6. The zero-order valence-corrected chi connectivity index (χ0v) is 16.4. The van der Waals surface area contributed by atoms with Crippen molar-refractivity contribution in [1.29, 1.82) is 0 Å². The molecule has 2 heterocycles. The number of aldehydes is 1. The van der Waals surface area contributed by atoms with E-state index in [2.05, 4.69) is 5.32 Å². The summed E-state index contributed by atoms with van der Waals surface area (Å²) in [6.07, 6.45) is 7.06. The van der Waals surface area contributed by atoms with E-state index in [1.165, 1.54) is 7.11 Å². The van der Waals surface area contributed by atoms with Gasteiger partial charge in [-0.05, 0) is 50.2 Å². The van der Waals surface area contributed by atoms with Crippen molar-refractivity contribution in [3.8, 4) is 5.75 Å². The van der Waals surface area contributed by atoms with Gasteiger partial charge in [-0.2, -0.15) is 0 Å². The summed E-state index contributed by atoms with van der Waals surface area (Å²) >= 11 is 0. The van der Waals surface area contributed by atoms with Crippen molar-refractivity contribution in [2.24, 2.45) is 5.92 Å². The van der Waals surface area contributed by atoms with E-state index in [0.29, 0.717) is 36.6 Å². The summed E-state index contributed by atoms with van der Waals surface area (Å²) in [5.74, 6) is 0.312. The van der Waals surface area contributed by atoms with Gasteiger partial charge in [-0.25, -0.2) is 0 Å². The minimum Gasteiger partial charge on any atom is -0.496 e. The van der Waals surface area contributed by atoms with Crippen LogP contribution in [0.5, 0.6) is 5.75 Å². The highest BCUT2D eigenvalue weighted by Gasteiger charge is 2.57. The van der Waals surface area contributed by atoms with Crippen molar-refractivity contribution >= 4 is 18.0 Å². The Morgan fingerprint density at radius 1 is 1.18 bits per heavy atom. The van der Waals surface area contributed by atoms with Gasteiger partial charge in [0.2, 0.25) is 0 Å². The van der Waals surface area contributed by atoms with Gasteiger partial charge >= 0.3 is 0 Å². The lowest BCUT2D eigenvalue weighted by Crippen LogP contribution is -2.62. The Kier molecular flexibility index (Phi) is 5.23. The van der Waals surface area contributed by atoms with Crippen LogP contribution in [-0.2, 0) is 9.59 Å². The Balaban J connectivity index is 1.75. The molecule has 28 heavy (non-hydrogen) atoms. The average molecular weight is 384 g/mol. The second kappa shape index (κ2) is 7.66. The normalized spacial score (nSPS) is 32.0. The fourth-order valence-electron chi connectivity index (χ4n) is 5.31. The fraction of sp³-hybridized carbons (Fsp3) is 0.591. The molecule has 1 amide bonds. The molecule has 4 rings (SSSR count). The van der Waals surface area contributed by atoms with E-state index in [9.17, 15) is 14.4 Å². The molecule has 6 nitrogen and oxygen atoms in total. The molecule has 2 saturated heterocycles. The highest BCUT2D eigenvalue weighted by atomic mass is 16.5. The molecule has 1 saturated carbocycles. The Bertz CT molecular complexity index is 764. The fourth-order valence-corrected chi connectivity index (χ4v) is 5.31. The van der Waals surface area contributed by atoms with Crippen LogP contribution in [0.4, 0.5) is 0 Å². The highest BCUT2D eigenvalue weighted by molar-refractivity contribution is 6.19. The molecule has 2 aliphatic heterocycles. The summed E-state index contributed by atoms with van der Waals surface area (Å²) in [5, 5.41) is 3.47. The van der Waals surface area contributed by atoms with Crippen molar-refractivity contribution < 1.29 is 19.1 Å². The number of nitrogens with one attached hydrogen (secondary N) is 1. The number of ether oxygens (including phenoxy) is 1. The van der Waals surface area contributed by atoms with E-state index >= 15 is 0 Å². The molecular formula is C22H28N2O4. The van der Waals surface area contributed by atoms with Gasteiger partial charge in [0, 0.05) is 12.6 Å². The molecule has 1 aliphatic carbocycles. The second-order valence-electron chi connectivity index (χ2n) is 8.28. The molecule has 1 aromatic carbocycles. The van der Waals surface area contributed by atoms with Crippen molar-refractivity contribution in [3.05, 3.63) is 29.8 Å². The number of carbonyl (C=O) groups excluding carboxylic acids is 3. The molecule has 0 aromatic heterocycles. The minimum atomic E-state index is -1.31. The van der Waals surface area contributed by atoms with Crippen LogP contribution < -0.4 is 10.1 Å². The van der Waals surface area contributed by atoms with Crippen LogP contribution >= 0.6 is 0 Å². The number of para-hydroxylation sites is 1. The van der Waals surface area contributed by atoms with Gasteiger partial charge in [0.15, 0.2) is 11.3 Å². The first-order valence-electron chi connectivity index (χ1n) is 10.3. The van der Waals surface area contributed by atoms with Crippen molar-refractivity contribution in [2.75, 3.05) is 13.7 Å². The SMILES string of the molecule is COc1ccccc1C(=O)[C@]1(C(=O)N2CCC[C@H]2C=O)CC2CCCCC2N1. The third-order valence-corrected chi connectivity index (χ3v) is 6.73. The summed E-state index contributed by atoms with van der Waals surface area (Å²) in [4.78, 5) is 40.7. The molecule has 6 heteroatoms. The van der Waals surface area contributed by atoms with Crippen LogP contribution in [0.3, 0.4) is 0 Å². The van der Waals surface area contributed by atoms with E-state index in [1.807, 2.05) is 6.07 Å². The second-order valence-corrected chi connectivity index (χ2v) is 8.28. The van der Waals surface area contributed by atoms with Crippen LogP contribution in [0.25, 0.3) is 0 Å². The van der Waals surface area contributed by atoms with E-state index in [1.54, 1.807) is 23.1 Å². The Labute approximate surface area is 165 Å². The minimum absolute atomic E-state index is 0.175. The first kappa shape index (κ1) is 19.1. The maximum absolute atomic E-state index is 13.8. The van der Waals surface area contributed by atoms with E-state index in [4.69, 9.17) is 4.74 Å². The molecule has 4 atom stereocenters. The monoisotopic (exact) mass is 384 g/mol. The number of hydrogen-bond acceptors (Lipinski definition) is 5. The zero-order valence-electron chi connectivity index (χ0n) is 16.4. The van der Waals surface area contributed by atoms with E-state index < -0.39 is 11.6 Å². The Hall–Kier alpha value is -2.21. The standard InChI is InChI=1S/C22H28N2O4/c1-28-19-11-5-3-9-17(19)20(26)22(13-15-7-2-4-10-18(15)23-22)21(27)24-12-6-8-16(24)14-25/h3,5,9,11,14-16,18,23H,2,4,6-8,10,12-13H2,1H3/t15?,16-,18?,22-/m0/s1. The number of methoxy groups -OCH3 is 1. The lowest BCUT2D eigenvalue weighted by Gasteiger charge is -2.34. The number of ketones is 1. The third-order valence-electron chi connectivity index (χ3n) is 6.73. The van der Waals surface area contributed by atoms with Crippen molar-refractivity contribution in [1.82, 2.24) is 10.2 Å². The first-order valence-corrected chi connectivity index (χ1v) is 10.3. The van der Waals surface area contributed by atoms with Gasteiger partial charge in [-0.3, -0.25) is 14.9 Å². The number of nitrogens with zero attached hydrogens (tertiary/aromatic N) is 1. The van der Waals surface area contributed by atoms with Crippen molar-refractivity contribution in [3.63, 3.8) is 0 Å².